The molecule has 0 radical (unpaired) electrons. The molecule has 2 aromatic carbocycles. The van der Waals surface area contributed by atoms with Crippen LogP contribution in [0.4, 0.5) is 24.5 Å². The van der Waals surface area contributed by atoms with Gasteiger partial charge in [0.05, 0.1) is 17.4 Å². The molecule has 7 heteroatoms. The molecule has 2 heterocycles. The molecule has 0 aliphatic carbocycles. The number of amides is 1. The topological polar surface area (TPSA) is 45.2 Å². The quantitative estimate of drug-likeness (QED) is 0.542. The van der Waals surface area contributed by atoms with Crippen LogP contribution < -0.4 is 10.2 Å². The Morgan fingerprint density at radius 2 is 1.62 bits per heavy atom. The third-order valence-electron chi connectivity index (χ3n) is 5.41. The van der Waals surface area contributed by atoms with Gasteiger partial charge in [-0.05, 0) is 48.7 Å². The summed E-state index contributed by atoms with van der Waals surface area (Å²) < 4.78 is 39.7. The van der Waals surface area contributed by atoms with Crippen LogP contribution in [0.25, 0.3) is 6.08 Å². The van der Waals surface area contributed by atoms with E-state index in [9.17, 15) is 18.0 Å². The Kier molecular flexibility index (Phi) is 6.25. The largest absolute Gasteiger partial charge is 0.416 e. The lowest BCUT2D eigenvalue weighted by atomic mass is 9.98. The van der Waals surface area contributed by atoms with Crippen LogP contribution in [-0.2, 0) is 6.18 Å². The van der Waals surface area contributed by atoms with Crippen LogP contribution in [0.2, 0.25) is 0 Å². The van der Waals surface area contributed by atoms with Crippen LogP contribution in [0.1, 0.15) is 34.5 Å². The van der Waals surface area contributed by atoms with Crippen LogP contribution >= 0.6 is 0 Å². The number of halogens is 3. The van der Waals surface area contributed by atoms with Crippen LogP contribution in [0.15, 0.2) is 78.5 Å². The summed E-state index contributed by atoms with van der Waals surface area (Å²) in [6.45, 7) is 1.36. The molecule has 0 spiro atoms. The number of piperidine rings is 1. The number of nitrogens with one attached hydrogen (secondary N) is 1. The molecule has 1 aromatic heterocycles. The number of benzene rings is 2. The van der Waals surface area contributed by atoms with E-state index in [0.29, 0.717) is 37.3 Å². The zero-order valence-corrected chi connectivity index (χ0v) is 17.3. The first-order valence-corrected chi connectivity index (χ1v) is 10.3. The predicted octanol–water partition coefficient (Wildman–Crippen LogP) is 6.04. The van der Waals surface area contributed by atoms with Gasteiger partial charge in [0.1, 0.15) is 5.69 Å². The first kappa shape index (κ1) is 21.6. The Morgan fingerprint density at radius 3 is 2.28 bits per heavy atom. The van der Waals surface area contributed by atoms with Crippen molar-refractivity contribution in [3.63, 3.8) is 0 Å². The maximum atomic E-state index is 13.2. The lowest BCUT2D eigenvalue weighted by Gasteiger charge is -2.30. The van der Waals surface area contributed by atoms with E-state index < -0.39 is 11.7 Å². The molecular formula is C25H22F3N3O. The molecule has 4 nitrogen and oxygen atoms in total. The number of nitrogens with zero attached hydrogens (tertiary/aromatic N) is 2. The minimum atomic E-state index is -4.37. The summed E-state index contributed by atoms with van der Waals surface area (Å²) in [5.41, 5.74) is 2.49. The van der Waals surface area contributed by atoms with Gasteiger partial charge < -0.3 is 10.2 Å². The molecule has 0 atom stereocenters. The maximum Gasteiger partial charge on any atom is 0.416 e. The maximum absolute atomic E-state index is 13.2. The zero-order valence-electron chi connectivity index (χ0n) is 17.3. The molecule has 3 aromatic rings. The molecule has 32 heavy (non-hydrogen) atoms. The SMILES string of the molecule is O=C(Nc1ccccc1)c1ccc(N2CCC(=Cc3ccccc3C(F)(F)F)CC2)cn1. The summed E-state index contributed by atoms with van der Waals surface area (Å²) in [5, 5.41) is 2.80. The molecule has 1 aliphatic rings. The van der Waals surface area contributed by atoms with Gasteiger partial charge >= 0.3 is 6.18 Å². The molecule has 1 aliphatic heterocycles. The highest BCUT2D eigenvalue weighted by atomic mass is 19.4. The van der Waals surface area contributed by atoms with Gasteiger partial charge in [0, 0.05) is 18.8 Å². The third-order valence-corrected chi connectivity index (χ3v) is 5.41. The highest BCUT2D eigenvalue weighted by Gasteiger charge is 2.32. The van der Waals surface area contributed by atoms with E-state index in [4.69, 9.17) is 0 Å². The van der Waals surface area contributed by atoms with Crippen molar-refractivity contribution in [1.82, 2.24) is 4.98 Å². The minimum Gasteiger partial charge on any atom is -0.370 e. The van der Waals surface area contributed by atoms with Gasteiger partial charge in [0.2, 0.25) is 0 Å². The van der Waals surface area contributed by atoms with Crippen LogP contribution in [0.5, 0.6) is 0 Å². The standard InChI is InChI=1S/C25H22F3N3O/c26-25(27,28)22-9-5-4-6-19(22)16-18-12-14-31(15-13-18)21-10-11-23(29-17-21)24(32)30-20-7-2-1-3-8-20/h1-11,16-17H,12-15H2,(H,30,32). The molecule has 1 fully saturated rings. The molecule has 164 valence electrons. The predicted molar refractivity (Wildman–Crippen MR) is 120 cm³/mol. The summed E-state index contributed by atoms with van der Waals surface area (Å²) in [7, 11) is 0. The molecule has 4 rings (SSSR count). The molecular weight excluding hydrogens is 415 g/mol. The fourth-order valence-corrected chi connectivity index (χ4v) is 3.72. The zero-order chi connectivity index (χ0) is 22.6. The van der Waals surface area contributed by atoms with Gasteiger partial charge in [-0.3, -0.25) is 4.79 Å². The summed E-state index contributed by atoms with van der Waals surface area (Å²) >= 11 is 0. The van der Waals surface area contributed by atoms with Crippen LogP contribution in [-0.4, -0.2) is 24.0 Å². The monoisotopic (exact) mass is 437 g/mol. The Bertz CT molecular complexity index is 1100. The number of aromatic nitrogens is 1. The molecule has 0 unspecified atom stereocenters. The van der Waals surface area contributed by atoms with Crippen molar-refractivity contribution in [2.45, 2.75) is 19.0 Å². The van der Waals surface area contributed by atoms with E-state index in [-0.39, 0.29) is 11.5 Å². The number of hydrogen-bond donors (Lipinski definition) is 1. The summed E-state index contributed by atoms with van der Waals surface area (Å²) in [6, 6.07) is 18.3. The highest BCUT2D eigenvalue weighted by molar-refractivity contribution is 6.02. The third kappa shape index (κ3) is 5.17. The van der Waals surface area contributed by atoms with Crippen molar-refractivity contribution in [3.05, 3.63) is 95.3 Å². The summed E-state index contributed by atoms with van der Waals surface area (Å²) in [5.74, 6) is -0.282. The van der Waals surface area contributed by atoms with Gasteiger partial charge in [-0.2, -0.15) is 13.2 Å². The van der Waals surface area contributed by atoms with E-state index in [0.717, 1.165) is 17.3 Å². The number of pyridine rings is 1. The minimum absolute atomic E-state index is 0.207. The number of hydrogen-bond acceptors (Lipinski definition) is 3. The van der Waals surface area contributed by atoms with Crippen LogP contribution in [0, 0.1) is 0 Å². The van der Waals surface area contributed by atoms with E-state index in [1.54, 1.807) is 36.5 Å². The lowest BCUT2D eigenvalue weighted by molar-refractivity contribution is -0.137. The Labute approximate surface area is 184 Å². The fraction of sp³-hybridized carbons (Fsp3) is 0.200. The van der Waals surface area contributed by atoms with Crippen molar-refractivity contribution < 1.29 is 18.0 Å². The lowest BCUT2D eigenvalue weighted by Crippen LogP contribution is -2.30. The molecule has 1 amide bonds. The van der Waals surface area contributed by atoms with Gasteiger partial charge in [0.15, 0.2) is 0 Å². The first-order chi connectivity index (χ1) is 15.4. The van der Waals surface area contributed by atoms with Gasteiger partial charge in [0.25, 0.3) is 5.91 Å². The van der Waals surface area contributed by atoms with Crippen molar-refractivity contribution in [2.24, 2.45) is 0 Å². The van der Waals surface area contributed by atoms with Gasteiger partial charge in [-0.15, -0.1) is 0 Å². The first-order valence-electron chi connectivity index (χ1n) is 10.3. The number of anilines is 2. The van der Waals surface area contributed by atoms with Gasteiger partial charge in [-0.25, -0.2) is 4.98 Å². The molecule has 0 bridgehead atoms. The van der Waals surface area contributed by atoms with E-state index >= 15 is 0 Å². The second-order valence-corrected chi connectivity index (χ2v) is 7.60. The summed E-state index contributed by atoms with van der Waals surface area (Å²) in [4.78, 5) is 18.7. The van der Waals surface area contributed by atoms with E-state index in [1.165, 1.54) is 12.1 Å². The van der Waals surface area contributed by atoms with Crippen molar-refractivity contribution in [2.75, 3.05) is 23.3 Å². The Morgan fingerprint density at radius 1 is 0.938 bits per heavy atom. The smallest absolute Gasteiger partial charge is 0.370 e. The van der Waals surface area contributed by atoms with E-state index in [2.05, 4.69) is 15.2 Å². The average molecular weight is 437 g/mol. The van der Waals surface area contributed by atoms with E-state index in [1.807, 2.05) is 24.3 Å². The molecule has 0 saturated carbocycles. The number of para-hydroxylation sites is 1. The Hall–Kier alpha value is -3.61. The number of alkyl halides is 3. The second kappa shape index (κ2) is 9.26. The number of carbonyl (C=O) groups excluding carboxylic acids is 1. The van der Waals surface area contributed by atoms with Gasteiger partial charge in [-0.1, -0.05) is 48.0 Å². The van der Waals surface area contributed by atoms with Crippen molar-refractivity contribution >= 4 is 23.4 Å². The Balaban J connectivity index is 1.39. The fourth-order valence-electron chi connectivity index (χ4n) is 3.72. The van der Waals surface area contributed by atoms with Crippen molar-refractivity contribution in [1.29, 1.82) is 0 Å². The molecule has 1 saturated heterocycles. The summed E-state index contributed by atoms with van der Waals surface area (Å²) in [6.07, 6.45) is 0.294. The number of rotatable bonds is 4. The number of carbonyl (C=O) groups is 1. The highest BCUT2D eigenvalue weighted by Crippen LogP contribution is 2.34. The normalized spacial score (nSPS) is 14.2. The second-order valence-electron chi connectivity index (χ2n) is 7.60. The molecule has 1 N–H and O–H groups in total. The average Bonchev–Trinajstić information content (AvgIpc) is 2.80. The van der Waals surface area contributed by atoms with Crippen molar-refractivity contribution in [3.8, 4) is 0 Å². The van der Waals surface area contributed by atoms with Crippen LogP contribution in [0.3, 0.4) is 0 Å².